The predicted molar refractivity (Wildman–Crippen MR) is 92.5 cm³/mol. The molecule has 0 radical (unpaired) electrons. The first-order chi connectivity index (χ1) is 11.1. The van der Waals surface area contributed by atoms with Gasteiger partial charge in [0.2, 0.25) is 10.8 Å². The summed E-state index contributed by atoms with van der Waals surface area (Å²) in [7, 11) is 0. The van der Waals surface area contributed by atoms with E-state index in [1.54, 1.807) is 4.90 Å². The highest BCUT2D eigenvalue weighted by Crippen LogP contribution is 2.52. The van der Waals surface area contributed by atoms with Gasteiger partial charge in [-0.15, -0.1) is 11.8 Å². The number of thioether (sulfide) groups is 1. The predicted octanol–water partition coefficient (Wildman–Crippen LogP) is 3.27. The van der Waals surface area contributed by atoms with E-state index in [2.05, 4.69) is 5.32 Å². The first-order valence-electron chi connectivity index (χ1n) is 7.57. The number of hydrogen-bond donors (Lipinski definition) is 1. The van der Waals surface area contributed by atoms with E-state index in [0.29, 0.717) is 12.2 Å². The van der Waals surface area contributed by atoms with Gasteiger partial charge in [-0.1, -0.05) is 35.9 Å². The van der Waals surface area contributed by atoms with Gasteiger partial charge in [0.1, 0.15) is 0 Å². The standard InChI is InChI=1S/C18H16N2O2S/c1-12-6-8-13(9-7-12)20-16(21)10-11-23-18(20)14-4-2-3-5-15(14)19-17(18)22/h2-9H,10-11H2,1H3,(H,19,22)/t18-/m0/s1. The van der Waals surface area contributed by atoms with Crippen LogP contribution in [0.4, 0.5) is 11.4 Å². The molecule has 2 aromatic carbocycles. The van der Waals surface area contributed by atoms with Gasteiger partial charge < -0.3 is 5.32 Å². The van der Waals surface area contributed by atoms with E-state index in [1.165, 1.54) is 11.8 Å². The van der Waals surface area contributed by atoms with Gasteiger partial charge in [0, 0.05) is 29.1 Å². The summed E-state index contributed by atoms with van der Waals surface area (Å²) in [4.78, 5) is 26.3. The van der Waals surface area contributed by atoms with Gasteiger partial charge >= 0.3 is 0 Å². The highest BCUT2D eigenvalue weighted by molar-refractivity contribution is 8.01. The van der Waals surface area contributed by atoms with Crippen molar-refractivity contribution < 1.29 is 9.59 Å². The number of amides is 2. The van der Waals surface area contributed by atoms with Crippen LogP contribution in [0.15, 0.2) is 48.5 Å². The number of aryl methyl sites for hydroxylation is 1. The van der Waals surface area contributed by atoms with Crippen molar-refractivity contribution in [3.8, 4) is 0 Å². The van der Waals surface area contributed by atoms with E-state index < -0.39 is 4.87 Å². The van der Waals surface area contributed by atoms with Crippen molar-refractivity contribution in [1.29, 1.82) is 0 Å². The summed E-state index contributed by atoms with van der Waals surface area (Å²) in [6.45, 7) is 2.00. The zero-order valence-corrected chi connectivity index (χ0v) is 13.5. The molecule has 4 nitrogen and oxygen atoms in total. The van der Waals surface area contributed by atoms with Crippen LogP contribution in [0.5, 0.6) is 0 Å². The van der Waals surface area contributed by atoms with E-state index in [0.717, 1.165) is 22.5 Å². The second-order valence-electron chi connectivity index (χ2n) is 5.81. The topological polar surface area (TPSA) is 49.4 Å². The maximum Gasteiger partial charge on any atom is 0.266 e. The number of benzene rings is 2. The molecule has 0 bridgehead atoms. The number of fused-ring (bicyclic) bond motifs is 2. The number of carbonyl (C=O) groups excluding carboxylic acids is 2. The van der Waals surface area contributed by atoms with Crippen LogP contribution in [0, 0.1) is 6.92 Å². The molecule has 0 aliphatic carbocycles. The zero-order chi connectivity index (χ0) is 16.0. The minimum atomic E-state index is -0.999. The van der Waals surface area contributed by atoms with E-state index in [-0.39, 0.29) is 11.8 Å². The Bertz CT molecular complexity index is 803. The first-order valence-corrected chi connectivity index (χ1v) is 8.56. The monoisotopic (exact) mass is 324 g/mol. The number of para-hydroxylation sites is 1. The Kier molecular flexibility index (Phi) is 3.20. The summed E-state index contributed by atoms with van der Waals surface area (Å²) in [6, 6.07) is 15.4. The van der Waals surface area contributed by atoms with Crippen molar-refractivity contribution in [1.82, 2.24) is 0 Å². The summed E-state index contributed by atoms with van der Waals surface area (Å²) in [6.07, 6.45) is 0.440. The molecule has 0 saturated carbocycles. The van der Waals surface area contributed by atoms with Crippen LogP contribution >= 0.6 is 11.8 Å². The Hall–Kier alpha value is -2.27. The Morgan fingerprint density at radius 2 is 1.83 bits per heavy atom. The molecule has 5 heteroatoms. The molecule has 23 heavy (non-hydrogen) atoms. The molecule has 1 saturated heterocycles. The van der Waals surface area contributed by atoms with Crippen molar-refractivity contribution in [2.45, 2.75) is 18.2 Å². The fourth-order valence-electron chi connectivity index (χ4n) is 3.24. The molecule has 2 amide bonds. The number of anilines is 2. The van der Waals surface area contributed by atoms with E-state index in [4.69, 9.17) is 0 Å². The van der Waals surface area contributed by atoms with E-state index >= 15 is 0 Å². The number of nitrogens with one attached hydrogen (secondary N) is 1. The molecule has 0 unspecified atom stereocenters. The molecule has 4 rings (SSSR count). The Labute approximate surface area is 138 Å². The summed E-state index contributed by atoms with van der Waals surface area (Å²) < 4.78 is 0. The lowest BCUT2D eigenvalue weighted by Gasteiger charge is -2.42. The summed E-state index contributed by atoms with van der Waals surface area (Å²) in [5.74, 6) is 0.486. The number of nitrogens with zero attached hydrogens (tertiary/aromatic N) is 1. The minimum absolute atomic E-state index is 0.0144. The highest BCUT2D eigenvalue weighted by atomic mass is 32.2. The molecule has 2 aliphatic heterocycles. The van der Waals surface area contributed by atoms with Gasteiger partial charge in [0.15, 0.2) is 0 Å². The molecular formula is C18H16N2O2S. The lowest BCUT2D eigenvalue weighted by Crippen LogP contribution is -2.54. The number of rotatable bonds is 1. The number of carbonyl (C=O) groups is 2. The van der Waals surface area contributed by atoms with Gasteiger partial charge in [-0.05, 0) is 25.1 Å². The number of hydrogen-bond acceptors (Lipinski definition) is 3. The Morgan fingerprint density at radius 1 is 1.09 bits per heavy atom. The maximum atomic E-state index is 12.9. The quantitative estimate of drug-likeness (QED) is 0.876. The Balaban J connectivity index is 1.93. The molecule has 116 valence electrons. The van der Waals surface area contributed by atoms with Crippen LogP contribution in [0.2, 0.25) is 0 Å². The second kappa shape index (κ2) is 5.13. The smallest absolute Gasteiger partial charge is 0.266 e. The molecular weight excluding hydrogens is 308 g/mol. The summed E-state index contributed by atoms with van der Waals surface area (Å²) >= 11 is 1.53. The molecule has 1 N–H and O–H groups in total. The van der Waals surface area contributed by atoms with Crippen molar-refractivity contribution >= 4 is 35.0 Å². The Morgan fingerprint density at radius 3 is 2.61 bits per heavy atom. The molecule has 2 aliphatic rings. The molecule has 0 aromatic heterocycles. The van der Waals surface area contributed by atoms with Crippen LogP contribution < -0.4 is 10.2 Å². The minimum Gasteiger partial charge on any atom is -0.323 e. The third kappa shape index (κ3) is 2.00. The summed E-state index contributed by atoms with van der Waals surface area (Å²) in [5.41, 5.74) is 3.54. The maximum absolute atomic E-state index is 12.9. The van der Waals surface area contributed by atoms with Gasteiger partial charge in [0.05, 0.1) is 0 Å². The van der Waals surface area contributed by atoms with Crippen LogP contribution in [-0.4, -0.2) is 17.6 Å². The van der Waals surface area contributed by atoms with Crippen molar-refractivity contribution in [2.24, 2.45) is 0 Å². The average Bonchev–Trinajstić information content (AvgIpc) is 2.82. The SMILES string of the molecule is Cc1ccc(N2C(=O)CCS[C@@]23C(=O)Nc2ccccc23)cc1. The van der Waals surface area contributed by atoms with Crippen LogP contribution in [0.3, 0.4) is 0 Å². The summed E-state index contributed by atoms with van der Waals surface area (Å²) in [5, 5.41) is 2.94. The van der Waals surface area contributed by atoms with Gasteiger partial charge in [0.25, 0.3) is 5.91 Å². The third-order valence-corrected chi connectivity index (χ3v) is 5.75. The molecule has 1 atom stereocenters. The molecule has 1 spiro atoms. The average molecular weight is 324 g/mol. The van der Waals surface area contributed by atoms with E-state index in [1.807, 2.05) is 55.5 Å². The molecule has 2 heterocycles. The third-order valence-electron chi connectivity index (χ3n) is 4.33. The van der Waals surface area contributed by atoms with Gasteiger partial charge in [-0.3, -0.25) is 14.5 Å². The fraction of sp³-hybridized carbons (Fsp3) is 0.222. The lowest BCUT2D eigenvalue weighted by atomic mass is 10.0. The largest absolute Gasteiger partial charge is 0.323 e. The fourth-order valence-corrected chi connectivity index (χ4v) is 4.66. The van der Waals surface area contributed by atoms with E-state index in [9.17, 15) is 9.59 Å². The second-order valence-corrected chi connectivity index (χ2v) is 7.09. The normalized spacial score (nSPS) is 23.1. The molecule has 1 fully saturated rings. The van der Waals surface area contributed by atoms with Crippen molar-refractivity contribution in [3.63, 3.8) is 0 Å². The highest BCUT2D eigenvalue weighted by Gasteiger charge is 2.56. The van der Waals surface area contributed by atoms with Crippen LogP contribution in [0.1, 0.15) is 17.5 Å². The molecule has 2 aromatic rings. The van der Waals surface area contributed by atoms with Gasteiger partial charge in [-0.25, -0.2) is 0 Å². The van der Waals surface area contributed by atoms with Crippen LogP contribution in [-0.2, 0) is 14.5 Å². The zero-order valence-electron chi connectivity index (χ0n) is 12.7. The van der Waals surface area contributed by atoms with Crippen LogP contribution in [0.25, 0.3) is 0 Å². The van der Waals surface area contributed by atoms with Gasteiger partial charge in [-0.2, -0.15) is 0 Å². The van der Waals surface area contributed by atoms with Crippen molar-refractivity contribution in [2.75, 3.05) is 16.0 Å². The first kappa shape index (κ1) is 14.3. The van der Waals surface area contributed by atoms with Crippen molar-refractivity contribution in [3.05, 3.63) is 59.7 Å². The lowest BCUT2D eigenvalue weighted by molar-refractivity contribution is -0.124.